The lowest BCUT2D eigenvalue weighted by Crippen LogP contribution is -2.29. The van der Waals surface area contributed by atoms with Crippen LogP contribution in [0.5, 0.6) is 17.2 Å². The zero-order valence-electron chi connectivity index (χ0n) is 17.6. The lowest BCUT2D eigenvalue weighted by atomic mass is 9.91. The Morgan fingerprint density at radius 2 is 1.89 bits per heavy atom. The number of ether oxygens (including phenoxy) is 2. The first-order chi connectivity index (χ1) is 13.5. The number of methoxy groups -OCH3 is 2. The number of aryl methyl sites for hydroxylation is 1. The van der Waals surface area contributed by atoms with Gasteiger partial charge in [0.15, 0.2) is 11.5 Å². The highest BCUT2D eigenvalue weighted by atomic mass is 16.5. The molecule has 0 aliphatic heterocycles. The minimum Gasteiger partial charge on any atom is -0.504 e. The molecule has 1 atom stereocenters. The standard InChI is InChI=1S/C24H33NO3/c1-5-6-19-15-20(27-3)10-11-21(19)22(25(2)16-17-7-8-17)13-18-9-12-24(28-4)23(26)14-18/h9-12,14-15,17,22,26H,5-8,13,16H2,1-4H3/t22-/m0/s1. The summed E-state index contributed by atoms with van der Waals surface area (Å²) in [7, 11) is 5.53. The molecule has 0 aromatic heterocycles. The van der Waals surface area contributed by atoms with Crippen LogP contribution in [0, 0.1) is 5.92 Å². The maximum Gasteiger partial charge on any atom is 0.160 e. The summed E-state index contributed by atoms with van der Waals surface area (Å²) in [6.45, 7) is 3.33. The summed E-state index contributed by atoms with van der Waals surface area (Å²) in [5.41, 5.74) is 3.83. The first kappa shape index (κ1) is 20.5. The maximum absolute atomic E-state index is 10.2. The molecule has 1 aliphatic carbocycles. The lowest BCUT2D eigenvalue weighted by Gasteiger charge is -2.31. The van der Waals surface area contributed by atoms with E-state index in [-0.39, 0.29) is 11.8 Å². The fourth-order valence-electron chi connectivity index (χ4n) is 3.94. The molecule has 3 rings (SSSR count). The van der Waals surface area contributed by atoms with Gasteiger partial charge in [0.2, 0.25) is 0 Å². The average molecular weight is 384 g/mol. The smallest absolute Gasteiger partial charge is 0.160 e. The van der Waals surface area contributed by atoms with Crippen LogP contribution in [0.3, 0.4) is 0 Å². The molecule has 152 valence electrons. The van der Waals surface area contributed by atoms with Crippen molar-refractivity contribution in [2.45, 2.75) is 45.1 Å². The molecule has 1 saturated carbocycles. The van der Waals surface area contributed by atoms with Crippen molar-refractivity contribution in [3.63, 3.8) is 0 Å². The van der Waals surface area contributed by atoms with Gasteiger partial charge in [-0.1, -0.05) is 25.5 Å². The lowest BCUT2D eigenvalue weighted by molar-refractivity contribution is 0.232. The first-order valence-electron chi connectivity index (χ1n) is 10.3. The summed E-state index contributed by atoms with van der Waals surface area (Å²) >= 11 is 0. The van der Waals surface area contributed by atoms with Gasteiger partial charge in [-0.15, -0.1) is 0 Å². The van der Waals surface area contributed by atoms with Gasteiger partial charge in [-0.2, -0.15) is 0 Å². The number of nitrogens with zero attached hydrogens (tertiary/aromatic N) is 1. The van der Waals surface area contributed by atoms with E-state index in [1.54, 1.807) is 14.2 Å². The maximum atomic E-state index is 10.2. The Balaban J connectivity index is 1.93. The van der Waals surface area contributed by atoms with E-state index in [4.69, 9.17) is 9.47 Å². The number of hydrogen-bond acceptors (Lipinski definition) is 4. The fourth-order valence-corrected chi connectivity index (χ4v) is 3.94. The summed E-state index contributed by atoms with van der Waals surface area (Å²) in [6, 6.07) is 12.5. The third-order valence-electron chi connectivity index (χ3n) is 5.68. The van der Waals surface area contributed by atoms with E-state index >= 15 is 0 Å². The second-order valence-corrected chi connectivity index (χ2v) is 7.92. The Morgan fingerprint density at radius 3 is 2.50 bits per heavy atom. The van der Waals surface area contributed by atoms with Crippen molar-refractivity contribution in [2.24, 2.45) is 5.92 Å². The number of benzene rings is 2. The van der Waals surface area contributed by atoms with E-state index in [1.165, 1.54) is 24.0 Å². The molecular weight excluding hydrogens is 350 g/mol. The molecule has 0 heterocycles. The quantitative estimate of drug-likeness (QED) is 0.628. The summed E-state index contributed by atoms with van der Waals surface area (Å²) < 4.78 is 10.7. The van der Waals surface area contributed by atoms with Crippen LogP contribution in [0.15, 0.2) is 36.4 Å². The van der Waals surface area contributed by atoms with Gasteiger partial charge in [-0.05, 0) is 79.6 Å². The largest absolute Gasteiger partial charge is 0.504 e. The number of aromatic hydroxyl groups is 1. The van der Waals surface area contributed by atoms with E-state index in [0.29, 0.717) is 5.75 Å². The number of phenolic OH excluding ortho intramolecular Hbond substituents is 1. The van der Waals surface area contributed by atoms with Crippen LogP contribution in [0.4, 0.5) is 0 Å². The molecule has 1 N–H and O–H groups in total. The highest BCUT2D eigenvalue weighted by Gasteiger charge is 2.28. The molecule has 28 heavy (non-hydrogen) atoms. The number of hydrogen-bond donors (Lipinski definition) is 1. The predicted octanol–water partition coefficient (Wildman–Crippen LogP) is 4.99. The molecular formula is C24H33NO3. The van der Waals surface area contributed by atoms with Gasteiger partial charge in [0.1, 0.15) is 5.75 Å². The second-order valence-electron chi connectivity index (χ2n) is 7.92. The second kappa shape index (κ2) is 9.33. The Kier molecular flexibility index (Phi) is 6.84. The molecule has 0 bridgehead atoms. The molecule has 2 aromatic carbocycles. The molecule has 2 aromatic rings. The Morgan fingerprint density at radius 1 is 1.11 bits per heavy atom. The van der Waals surface area contributed by atoms with Gasteiger partial charge < -0.3 is 14.6 Å². The molecule has 0 unspecified atom stereocenters. The van der Waals surface area contributed by atoms with Gasteiger partial charge in [0, 0.05) is 12.6 Å². The van der Waals surface area contributed by atoms with Crippen LogP contribution in [-0.2, 0) is 12.8 Å². The van der Waals surface area contributed by atoms with Gasteiger partial charge in [0.05, 0.1) is 14.2 Å². The van der Waals surface area contributed by atoms with Crippen molar-refractivity contribution >= 4 is 0 Å². The van der Waals surface area contributed by atoms with Gasteiger partial charge >= 0.3 is 0 Å². The molecule has 4 nitrogen and oxygen atoms in total. The first-order valence-corrected chi connectivity index (χ1v) is 10.3. The van der Waals surface area contributed by atoms with Crippen molar-refractivity contribution in [2.75, 3.05) is 27.8 Å². The summed E-state index contributed by atoms with van der Waals surface area (Å²) in [4.78, 5) is 2.49. The Bertz CT molecular complexity index is 785. The third kappa shape index (κ3) is 4.99. The Labute approximate surface area is 169 Å². The minimum absolute atomic E-state index is 0.201. The average Bonchev–Trinajstić information content (AvgIpc) is 3.50. The SMILES string of the molecule is CCCc1cc(OC)ccc1[C@H](Cc1ccc(OC)c(O)c1)N(C)CC1CC1. The van der Waals surface area contributed by atoms with Crippen molar-refractivity contribution in [3.8, 4) is 17.2 Å². The van der Waals surface area contributed by atoms with Crippen molar-refractivity contribution in [1.82, 2.24) is 4.90 Å². The van der Waals surface area contributed by atoms with Crippen LogP contribution in [0.2, 0.25) is 0 Å². The summed E-state index contributed by atoms with van der Waals surface area (Å²) in [5.74, 6) is 2.46. The molecule has 0 saturated heterocycles. The number of rotatable bonds is 10. The highest BCUT2D eigenvalue weighted by Crippen LogP contribution is 2.36. The molecule has 1 aliphatic rings. The molecule has 4 heteroatoms. The van der Waals surface area contributed by atoms with Crippen molar-refractivity contribution in [1.29, 1.82) is 0 Å². The van der Waals surface area contributed by atoms with Crippen molar-refractivity contribution in [3.05, 3.63) is 53.1 Å². The van der Waals surface area contributed by atoms with E-state index in [9.17, 15) is 5.11 Å². The fraction of sp³-hybridized carbons (Fsp3) is 0.500. The highest BCUT2D eigenvalue weighted by molar-refractivity contribution is 5.43. The van der Waals surface area contributed by atoms with Gasteiger partial charge in [-0.3, -0.25) is 4.90 Å². The van der Waals surface area contributed by atoms with E-state index in [2.05, 4.69) is 43.1 Å². The van der Waals surface area contributed by atoms with Crippen LogP contribution >= 0.6 is 0 Å². The van der Waals surface area contributed by atoms with Crippen molar-refractivity contribution < 1.29 is 14.6 Å². The van der Waals surface area contributed by atoms with Crippen LogP contribution < -0.4 is 9.47 Å². The number of phenols is 1. The normalized spacial score (nSPS) is 14.9. The summed E-state index contributed by atoms with van der Waals surface area (Å²) in [6.07, 6.45) is 5.66. The monoisotopic (exact) mass is 383 g/mol. The molecule has 0 amide bonds. The number of likely N-dealkylation sites (N-methyl/N-ethyl adjacent to an activating group) is 1. The Hall–Kier alpha value is -2.20. The zero-order chi connectivity index (χ0) is 20.1. The minimum atomic E-state index is 0.201. The van der Waals surface area contributed by atoms with E-state index in [1.807, 2.05) is 12.1 Å². The van der Waals surface area contributed by atoms with Gasteiger partial charge in [-0.25, -0.2) is 0 Å². The molecule has 0 spiro atoms. The molecule has 0 radical (unpaired) electrons. The van der Waals surface area contributed by atoms with Crippen LogP contribution in [0.25, 0.3) is 0 Å². The zero-order valence-corrected chi connectivity index (χ0v) is 17.6. The third-order valence-corrected chi connectivity index (χ3v) is 5.68. The summed E-state index contributed by atoms with van der Waals surface area (Å²) in [5, 5.41) is 10.2. The molecule has 1 fully saturated rings. The van der Waals surface area contributed by atoms with E-state index < -0.39 is 0 Å². The van der Waals surface area contributed by atoms with Crippen LogP contribution in [0.1, 0.15) is 48.9 Å². The van der Waals surface area contributed by atoms with E-state index in [0.717, 1.165) is 43.0 Å². The predicted molar refractivity (Wildman–Crippen MR) is 113 cm³/mol. The van der Waals surface area contributed by atoms with Crippen LogP contribution in [-0.4, -0.2) is 37.8 Å². The topological polar surface area (TPSA) is 41.9 Å². The van der Waals surface area contributed by atoms with Gasteiger partial charge in [0.25, 0.3) is 0 Å².